The van der Waals surface area contributed by atoms with Crippen molar-refractivity contribution in [1.82, 2.24) is 10.3 Å². The summed E-state index contributed by atoms with van der Waals surface area (Å²) in [6.45, 7) is 4.25. The Balaban J connectivity index is 4.17. The maximum atomic E-state index is 11.0. The van der Waals surface area contributed by atoms with Gasteiger partial charge in [-0.2, -0.15) is 0 Å². The van der Waals surface area contributed by atoms with Crippen molar-refractivity contribution in [2.75, 3.05) is 13.6 Å². The largest absolute Gasteiger partial charge is 0.340 e. The van der Waals surface area contributed by atoms with Crippen molar-refractivity contribution < 1.29 is 4.79 Å². The second kappa shape index (κ2) is 6.25. The predicted molar refractivity (Wildman–Crippen MR) is 53.9 cm³/mol. The zero-order chi connectivity index (χ0) is 10.3. The molecule has 3 N–H and O–H groups in total. The molecule has 0 aromatic rings. The van der Waals surface area contributed by atoms with Crippen LogP contribution in [0.4, 0.5) is 4.79 Å². The van der Waals surface area contributed by atoms with Crippen molar-refractivity contribution in [3.63, 3.8) is 0 Å². The van der Waals surface area contributed by atoms with Gasteiger partial charge in [0.15, 0.2) is 0 Å². The van der Waals surface area contributed by atoms with Gasteiger partial charge < -0.3 is 5.32 Å². The lowest BCUT2D eigenvalue weighted by Crippen LogP contribution is -2.44. The summed E-state index contributed by atoms with van der Waals surface area (Å²) in [6, 6.07) is -0.288. The van der Waals surface area contributed by atoms with Crippen LogP contribution in [-0.4, -0.2) is 24.6 Å². The Kier molecular flexibility index (Phi) is 5.63. The van der Waals surface area contributed by atoms with E-state index in [-0.39, 0.29) is 6.03 Å². The third-order valence-electron chi connectivity index (χ3n) is 1.58. The number of hydrogen-bond donors (Lipinski definition) is 2. The number of carbonyl (C=O) groups is 1. The van der Waals surface area contributed by atoms with Crippen molar-refractivity contribution in [2.24, 2.45) is 5.84 Å². The summed E-state index contributed by atoms with van der Waals surface area (Å²) in [6.07, 6.45) is 5.75. The number of amides is 2. The van der Waals surface area contributed by atoms with E-state index in [1.54, 1.807) is 7.05 Å². The van der Waals surface area contributed by atoms with Gasteiger partial charge in [-0.15, -0.1) is 0 Å². The van der Waals surface area contributed by atoms with Crippen LogP contribution < -0.4 is 11.2 Å². The van der Waals surface area contributed by atoms with Crippen molar-refractivity contribution >= 4 is 6.03 Å². The number of hydrazine groups is 1. The summed E-state index contributed by atoms with van der Waals surface area (Å²) in [7, 11) is 1.55. The number of nitrogens with zero attached hydrogens (tertiary/aromatic N) is 1. The lowest BCUT2D eigenvalue weighted by Gasteiger charge is -2.16. The normalized spacial score (nSPS) is 11.8. The fourth-order valence-corrected chi connectivity index (χ4v) is 0.866. The van der Waals surface area contributed by atoms with Crippen LogP contribution in [0.1, 0.15) is 13.8 Å². The number of allylic oxidation sites excluding steroid dienone is 2. The van der Waals surface area contributed by atoms with Crippen LogP contribution in [0.25, 0.3) is 0 Å². The second-order valence-electron chi connectivity index (χ2n) is 2.55. The standard InChI is InChI=1S/C9H17N3O/c1-4-6-8(5-2)7-12(10)9(13)11-3/h4-6H,7,10H2,1-3H3,(H,11,13)/b6-4-,8-5+. The average molecular weight is 183 g/mol. The van der Waals surface area contributed by atoms with Crippen LogP contribution in [0.15, 0.2) is 23.8 Å². The molecule has 74 valence electrons. The first-order chi connectivity index (χ1) is 6.15. The van der Waals surface area contributed by atoms with E-state index in [1.165, 1.54) is 0 Å². The van der Waals surface area contributed by atoms with E-state index in [0.717, 1.165) is 10.6 Å². The monoisotopic (exact) mass is 183 g/mol. The highest BCUT2D eigenvalue weighted by Crippen LogP contribution is 1.98. The summed E-state index contributed by atoms with van der Waals surface area (Å²) >= 11 is 0. The smallest absolute Gasteiger partial charge is 0.331 e. The van der Waals surface area contributed by atoms with Crippen LogP contribution >= 0.6 is 0 Å². The molecule has 0 rings (SSSR count). The third kappa shape index (κ3) is 4.32. The highest BCUT2D eigenvalue weighted by atomic mass is 16.2. The zero-order valence-corrected chi connectivity index (χ0v) is 8.37. The van der Waals surface area contributed by atoms with Crippen LogP contribution in [-0.2, 0) is 0 Å². The minimum atomic E-state index is -0.288. The molecule has 0 bridgehead atoms. The lowest BCUT2D eigenvalue weighted by atomic mass is 10.2. The number of rotatable bonds is 3. The number of hydrogen-bond acceptors (Lipinski definition) is 2. The van der Waals surface area contributed by atoms with Gasteiger partial charge in [-0.25, -0.2) is 10.6 Å². The fraction of sp³-hybridized carbons (Fsp3) is 0.444. The average Bonchev–Trinajstić information content (AvgIpc) is 2.15. The molecule has 0 unspecified atom stereocenters. The van der Waals surface area contributed by atoms with Gasteiger partial charge in [0, 0.05) is 7.05 Å². The first kappa shape index (κ1) is 11.7. The van der Waals surface area contributed by atoms with E-state index in [2.05, 4.69) is 5.32 Å². The molecule has 4 nitrogen and oxygen atoms in total. The van der Waals surface area contributed by atoms with E-state index >= 15 is 0 Å². The van der Waals surface area contributed by atoms with E-state index in [0.29, 0.717) is 6.54 Å². The Morgan fingerprint density at radius 3 is 2.54 bits per heavy atom. The molecule has 0 saturated heterocycles. The molecule has 0 spiro atoms. The lowest BCUT2D eigenvalue weighted by molar-refractivity contribution is 0.206. The Morgan fingerprint density at radius 2 is 2.15 bits per heavy atom. The maximum absolute atomic E-state index is 11.0. The topological polar surface area (TPSA) is 58.4 Å². The minimum Gasteiger partial charge on any atom is -0.340 e. The van der Waals surface area contributed by atoms with Gasteiger partial charge in [0.1, 0.15) is 0 Å². The Labute approximate surface area is 79.1 Å². The van der Waals surface area contributed by atoms with Gasteiger partial charge in [-0.3, -0.25) is 5.01 Å². The van der Waals surface area contributed by atoms with Crippen molar-refractivity contribution in [2.45, 2.75) is 13.8 Å². The van der Waals surface area contributed by atoms with Gasteiger partial charge >= 0.3 is 6.03 Å². The molecule has 2 amide bonds. The number of nitrogens with one attached hydrogen (secondary N) is 1. The molecule has 13 heavy (non-hydrogen) atoms. The van der Waals surface area contributed by atoms with Crippen LogP contribution in [0.3, 0.4) is 0 Å². The van der Waals surface area contributed by atoms with Gasteiger partial charge in [0.25, 0.3) is 0 Å². The second-order valence-corrected chi connectivity index (χ2v) is 2.55. The molecular weight excluding hydrogens is 166 g/mol. The van der Waals surface area contributed by atoms with Crippen molar-refractivity contribution in [3.05, 3.63) is 23.8 Å². The van der Waals surface area contributed by atoms with Crippen molar-refractivity contribution in [3.8, 4) is 0 Å². The molecule has 0 atom stereocenters. The van der Waals surface area contributed by atoms with Gasteiger partial charge in [-0.05, 0) is 19.4 Å². The number of urea groups is 1. The van der Waals surface area contributed by atoms with Crippen LogP contribution in [0.5, 0.6) is 0 Å². The van der Waals surface area contributed by atoms with Crippen LogP contribution in [0.2, 0.25) is 0 Å². The fourth-order valence-electron chi connectivity index (χ4n) is 0.866. The van der Waals surface area contributed by atoms with E-state index < -0.39 is 0 Å². The SMILES string of the molecule is C/C=C\C(=C/C)CN(N)C(=O)NC. The number of carbonyl (C=O) groups excluding carboxylic acids is 1. The van der Waals surface area contributed by atoms with Gasteiger partial charge in [-0.1, -0.05) is 18.2 Å². The van der Waals surface area contributed by atoms with Gasteiger partial charge in [0.2, 0.25) is 0 Å². The van der Waals surface area contributed by atoms with Crippen molar-refractivity contribution in [1.29, 1.82) is 0 Å². The molecule has 4 heteroatoms. The molecule has 0 heterocycles. The molecule has 0 aliphatic rings. The molecule has 0 aliphatic carbocycles. The van der Waals surface area contributed by atoms with Gasteiger partial charge in [0.05, 0.1) is 6.54 Å². The summed E-state index contributed by atoms with van der Waals surface area (Å²) in [5.41, 5.74) is 1.01. The first-order valence-electron chi connectivity index (χ1n) is 4.17. The first-order valence-corrected chi connectivity index (χ1v) is 4.17. The highest BCUT2D eigenvalue weighted by molar-refractivity contribution is 5.73. The van der Waals surface area contributed by atoms with Crippen LogP contribution in [0, 0.1) is 0 Å². The minimum absolute atomic E-state index is 0.288. The molecule has 0 radical (unpaired) electrons. The Bertz CT molecular complexity index is 221. The predicted octanol–water partition coefficient (Wildman–Crippen LogP) is 1.02. The molecule has 0 fully saturated rings. The Morgan fingerprint density at radius 1 is 1.54 bits per heavy atom. The van der Waals surface area contributed by atoms with E-state index in [4.69, 9.17) is 5.84 Å². The zero-order valence-electron chi connectivity index (χ0n) is 8.37. The summed E-state index contributed by atoms with van der Waals surface area (Å²) < 4.78 is 0. The molecule has 0 saturated carbocycles. The maximum Gasteiger partial charge on any atom is 0.331 e. The Hall–Kier alpha value is -1.29. The molecule has 0 aromatic carbocycles. The summed E-state index contributed by atoms with van der Waals surface area (Å²) in [4.78, 5) is 11.0. The quantitative estimate of drug-likeness (QED) is 0.297. The molecule has 0 aromatic heterocycles. The summed E-state index contributed by atoms with van der Waals surface area (Å²) in [5.74, 6) is 5.48. The summed E-state index contributed by atoms with van der Waals surface area (Å²) in [5, 5.41) is 3.58. The third-order valence-corrected chi connectivity index (χ3v) is 1.58. The molecule has 0 aliphatic heterocycles. The number of nitrogens with two attached hydrogens (primary N) is 1. The van der Waals surface area contributed by atoms with E-state index in [9.17, 15) is 4.79 Å². The van der Waals surface area contributed by atoms with E-state index in [1.807, 2.05) is 32.1 Å². The molecular formula is C9H17N3O. The highest BCUT2D eigenvalue weighted by Gasteiger charge is 2.06.